The molecule has 1 aliphatic heterocycles. The number of nitrogens with zero attached hydrogens (tertiary/aromatic N) is 1. The molecule has 0 aromatic carbocycles. The number of nitrogens with one attached hydrogen (secondary N) is 1. The second-order valence-electron chi connectivity index (χ2n) is 5.80. The van der Waals surface area contributed by atoms with Crippen molar-refractivity contribution in [2.45, 2.75) is 69.5 Å². The van der Waals surface area contributed by atoms with Crippen LogP contribution in [-0.4, -0.2) is 35.6 Å². The largest absolute Gasteiger partial charge is 0.310 e. The van der Waals surface area contributed by atoms with E-state index in [1.54, 1.807) is 0 Å². The summed E-state index contributed by atoms with van der Waals surface area (Å²) < 4.78 is 0. The van der Waals surface area contributed by atoms with E-state index in [-0.39, 0.29) is 0 Å². The van der Waals surface area contributed by atoms with Crippen molar-refractivity contribution in [3.8, 4) is 0 Å². The monoisotopic (exact) mass is 208 g/mol. The number of hydrogen-bond acceptors (Lipinski definition) is 2. The van der Waals surface area contributed by atoms with Crippen LogP contribution in [0, 0.1) is 0 Å². The molecule has 0 radical (unpaired) electrons. The molecule has 3 rings (SSSR count). The molecule has 1 saturated heterocycles. The first-order chi connectivity index (χ1) is 7.32. The highest BCUT2D eigenvalue weighted by molar-refractivity contribution is 5.01. The second-order valence-corrected chi connectivity index (χ2v) is 5.80. The molecule has 2 aliphatic carbocycles. The van der Waals surface area contributed by atoms with Crippen molar-refractivity contribution in [3.63, 3.8) is 0 Å². The molecule has 2 heteroatoms. The van der Waals surface area contributed by atoms with Crippen molar-refractivity contribution in [1.82, 2.24) is 10.2 Å². The highest BCUT2D eigenvalue weighted by Crippen LogP contribution is 2.42. The van der Waals surface area contributed by atoms with E-state index in [1.807, 2.05) is 0 Å². The topological polar surface area (TPSA) is 15.3 Å². The van der Waals surface area contributed by atoms with Crippen LogP contribution in [0.2, 0.25) is 0 Å². The predicted molar refractivity (Wildman–Crippen MR) is 63.0 cm³/mol. The van der Waals surface area contributed by atoms with E-state index in [1.165, 1.54) is 58.0 Å². The van der Waals surface area contributed by atoms with Crippen LogP contribution in [0.5, 0.6) is 0 Å². The van der Waals surface area contributed by atoms with Crippen LogP contribution in [0.15, 0.2) is 0 Å². The minimum Gasteiger partial charge on any atom is -0.310 e. The Bertz CT molecular complexity index is 225. The van der Waals surface area contributed by atoms with Gasteiger partial charge in [-0.2, -0.15) is 0 Å². The fourth-order valence-corrected chi connectivity index (χ4v) is 3.39. The molecular formula is C13H24N2. The van der Waals surface area contributed by atoms with Gasteiger partial charge in [0.05, 0.1) is 0 Å². The molecule has 86 valence electrons. The Hall–Kier alpha value is -0.0800. The molecule has 0 aromatic heterocycles. The lowest BCUT2D eigenvalue weighted by atomic mass is 9.73. The Morgan fingerprint density at radius 1 is 1.20 bits per heavy atom. The molecule has 0 spiro atoms. The molecule has 3 aliphatic rings. The van der Waals surface area contributed by atoms with Crippen LogP contribution in [0.25, 0.3) is 0 Å². The van der Waals surface area contributed by atoms with Crippen LogP contribution in [0.1, 0.15) is 51.9 Å². The normalized spacial score (nSPS) is 35.4. The van der Waals surface area contributed by atoms with E-state index in [2.05, 4.69) is 17.1 Å². The molecule has 1 unspecified atom stereocenters. The van der Waals surface area contributed by atoms with Crippen molar-refractivity contribution in [2.24, 2.45) is 0 Å². The molecule has 0 aromatic rings. The highest BCUT2D eigenvalue weighted by Gasteiger charge is 2.43. The van der Waals surface area contributed by atoms with Gasteiger partial charge < -0.3 is 5.32 Å². The quantitative estimate of drug-likeness (QED) is 0.761. The van der Waals surface area contributed by atoms with Gasteiger partial charge in [0.15, 0.2) is 0 Å². The van der Waals surface area contributed by atoms with Crippen molar-refractivity contribution < 1.29 is 0 Å². The Morgan fingerprint density at radius 3 is 2.53 bits per heavy atom. The molecule has 15 heavy (non-hydrogen) atoms. The van der Waals surface area contributed by atoms with Crippen LogP contribution in [0.4, 0.5) is 0 Å². The summed E-state index contributed by atoms with van der Waals surface area (Å²) in [5.74, 6) is 0. The van der Waals surface area contributed by atoms with Gasteiger partial charge in [-0.25, -0.2) is 0 Å². The third-order valence-corrected chi connectivity index (χ3v) is 4.85. The van der Waals surface area contributed by atoms with Crippen molar-refractivity contribution >= 4 is 0 Å². The zero-order chi connectivity index (χ0) is 10.3. The van der Waals surface area contributed by atoms with Gasteiger partial charge in [0.25, 0.3) is 0 Å². The number of hydrogen-bond donors (Lipinski definition) is 1. The zero-order valence-corrected chi connectivity index (χ0v) is 9.97. The van der Waals surface area contributed by atoms with Crippen LogP contribution >= 0.6 is 0 Å². The Morgan fingerprint density at radius 2 is 2.00 bits per heavy atom. The van der Waals surface area contributed by atoms with Gasteiger partial charge in [-0.3, -0.25) is 4.90 Å². The molecular weight excluding hydrogens is 184 g/mol. The van der Waals surface area contributed by atoms with E-state index in [9.17, 15) is 0 Å². The first kappa shape index (κ1) is 10.1. The molecule has 1 N–H and O–H groups in total. The van der Waals surface area contributed by atoms with Crippen molar-refractivity contribution in [2.75, 3.05) is 13.1 Å². The van der Waals surface area contributed by atoms with Crippen molar-refractivity contribution in [3.05, 3.63) is 0 Å². The van der Waals surface area contributed by atoms with E-state index in [4.69, 9.17) is 0 Å². The fraction of sp³-hybridized carbons (Fsp3) is 1.00. The van der Waals surface area contributed by atoms with Gasteiger partial charge in [-0.1, -0.05) is 6.92 Å². The lowest BCUT2D eigenvalue weighted by molar-refractivity contribution is 0.0304. The summed E-state index contributed by atoms with van der Waals surface area (Å²) in [6.07, 6.45) is 9.98. The zero-order valence-electron chi connectivity index (χ0n) is 9.97. The van der Waals surface area contributed by atoms with E-state index in [0.29, 0.717) is 5.54 Å². The van der Waals surface area contributed by atoms with E-state index in [0.717, 1.165) is 12.1 Å². The van der Waals surface area contributed by atoms with Gasteiger partial charge in [0, 0.05) is 30.7 Å². The summed E-state index contributed by atoms with van der Waals surface area (Å²) in [5.41, 5.74) is 0.625. The average molecular weight is 208 g/mol. The Kier molecular flexibility index (Phi) is 2.52. The summed E-state index contributed by atoms with van der Waals surface area (Å²) in [4.78, 5) is 2.79. The van der Waals surface area contributed by atoms with Gasteiger partial charge >= 0.3 is 0 Å². The average Bonchev–Trinajstić information content (AvgIpc) is 2.85. The maximum atomic E-state index is 3.79. The summed E-state index contributed by atoms with van der Waals surface area (Å²) in [6, 6.07) is 1.69. The number of likely N-dealkylation sites (tertiary alicyclic amines) is 1. The highest BCUT2D eigenvalue weighted by atomic mass is 15.3. The Labute approximate surface area is 93.4 Å². The maximum absolute atomic E-state index is 3.79. The van der Waals surface area contributed by atoms with Crippen LogP contribution < -0.4 is 5.32 Å². The van der Waals surface area contributed by atoms with E-state index >= 15 is 0 Å². The van der Waals surface area contributed by atoms with Crippen LogP contribution in [-0.2, 0) is 0 Å². The molecule has 3 fully saturated rings. The van der Waals surface area contributed by atoms with Gasteiger partial charge in [0.2, 0.25) is 0 Å². The molecule has 0 amide bonds. The summed E-state index contributed by atoms with van der Waals surface area (Å²) >= 11 is 0. The lowest BCUT2D eigenvalue weighted by Crippen LogP contribution is -2.53. The van der Waals surface area contributed by atoms with Crippen molar-refractivity contribution in [1.29, 1.82) is 0 Å². The van der Waals surface area contributed by atoms with Gasteiger partial charge in [-0.15, -0.1) is 0 Å². The molecule has 1 heterocycles. The molecule has 2 nitrogen and oxygen atoms in total. The lowest BCUT2D eigenvalue weighted by Gasteiger charge is -2.48. The smallest absolute Gasteiger partial charge is 0.0209 e. The van der Waals surface area contributed by atoms with E-state index < -0.39 is 0 Å². The Balaban J connectivity index is 1.55. The first-order valence-electron chi connectivity index (χ1n) is 6.83. The standard InChI is InChI=1S/C13H24N2/c1-2-13(7-3-8-13)15-9-6-12(10-15)14-11-4-5-11/h11-12,14H,2-10H2,1H3. The summed E-state index contributed by atoms with van der Waals surface area (Å²) in [6.45, 7) is 5.05. The van der Waals surface area contributed by atoms with Gasteiger partial charge in [0.1, 0.15) is 0 Å². The third-order valence-electron chi connectivity index (χ3n) is 4.85. The molecule has 1 atom stereocenters. The SMILES string of the molecule is CCC1(N2CCC(NC3CC3)C2)CCC1. The van der Waals surface area contributed by atoms with Crippen LogP contribution in [0.3, 0.4) is 0 Å². The fourth-order valence-electron chi connectivity index (χ4n) is 3.39. The number of rotatable bonds is 4. The third kappa shape index (κ3) is 1.83. The predicted octanol–water partition coefficient (Wildman–Crippen LogP) is 2.15. The minimum atomic E-state index is 0.625. The second kappa shape index (κ2) is 3.74. The van der Waals surface area contributed by atoms with Gasteiger partial charge in [-0.05, 0) is 44.9 Å². The summed E-state index contributed by atoms with van der Waals surface area (Å²) in [7, 11) is 0. The molecule has 2 saturated carbocycles. The first-order valence-corrected chi connectivity index (χ1v) is 6.83. The maximum Gasteiger partial charge on any atom is 0.0209 e. The summed E-state index contributed by atoms with van der Waals surface area (Å²) in [5, 5.41) is 3.79. The molecule has 0 bridgehead atoms. The minimum absolute atomic E-state index is 0.625.